The fourth-order valence-electron chi connectivity index (χ4n) is 5.13. The molecule has 2 atom stereocenters. The van der Waals surface area contributed by atoms with Crippen LogP contribution >= 0.6 is 23.1 Å². The molecule has 2 unspecified atom stereocenters. The van der Waals surface area contributed by atoms with E-state index in [4.69, 9.17) is 20.0 Å². The standard InChI is InChI=1S/C35H37N5O7S2/c1-5-21-19-48-32-27(38-30(42)26(24-20-49-34(36)37-24)39-45-18-12-17-25(41)47-35(2,3)4)31(43)40(32)28(21)33(44)46-29(22-13-8-6-9-14-22)23-15-10-7-11-16-23/h5-11,13-16,20,27,29,32H,1,12,17-19H2,2-4H3,(H2,36,37)(H,38,42)/b39-26+. The Morgan fingerprint density at radius 1 is 1.12 bits per heavy atom. The van der Waals surface area contributed by atoms with Crippen LogP contribution in [0, 0.1) is 0 Å². The van der Waals surface area contributed by atoms with Gasteiger partial charge in [0.05, 0.1) is 0 Å². The fraction of sp³-hybridized carbons (Fsp3) is 0.314. The van der Waals surface area contributed by atoms with E-state index in [2.05, 4.69) is 22.0 Å². The molecular weight excluding hydrogens is 667 g/mol. The van der Waals surface area contributed by atoms with Gasteiger partial charge in [-0.1, -0.05) is 78.5 Å². The minimum absolute atomic E-state index is 0.0256. The quantitative estimate of drug-likeness (QED) is 0.0836. The molecule has 2 aliphatic heterocycles. The molecule has 0 bridgehead atoms. The molecule has 0 saturated carbocycles. The van der Waals surface area contributed by atoms with Crippen LogP contribution in [0.5, 0.6) is 0 Å². The molecule has 256 valence electrons. The van der Waals surface area contributed by atoms with Gasteiger partial charge in [0.25, 0.3) is 11.8 Å². The lowest BCUT2D eigenvalue weighted by Gasteiger charge is -2.49. The van der Waals surface area contributed by atoms with Gasteiger partial charge in [0.2, 0.25) is 0 Å². The predicted molar refractivity (Wildman–Crippen MR) is 187 cm³/mol. The number of rotatable bonds is 13. The number of anilines is 1. The number of thiazole rings is 1. The number of allylic oxidation sites excluding steroid dienone is 1. The molecule has 5 rings (SSSR count). The Morgan fingerprint density at radius 2 is 1.78 bits per heavy atom. The summed E-state index contributed by atoms with van der Waals surface area (Å²) in [5, 5.41) is 7.89. The molecule has 3 N–H and O–H groups in total. The van der Waals surface area contributed by atoms with Crippen LogP contribution in [0.1, 0.15) is 56.5 Å². The smallest absolute Gasteiger partial charge is 0.356 e. The predicted octanol–water partition coefficient (Wildman–Crippen LogP) is 4.74. The summed E-state index contributed by atoms with van der Waals surface area (Å²) in [7, 11) is 0. The van der Waals surface area contributed by atoms with Gasteiger partial charge in [0.15, 0.2) is 16.9 Å². The van der Waals surface area contributed by atoms with Gasteiger partial charge in [-0.2, -0.15) is 0 Å². The normalized spacial score (nSPS) is 17.6. The molecule has 12 nitrogen and oxygen atoms in total. The maximum atomic E-state index is 13.9. The highest BCUT2D eigenvalue weighted by Gasteiger charge is 2.54. The number of nitrogens with zero attached hydrogens (tertiary/aromatic N) is 3. The van der Waals surface area contributed by atoms with Crippen molar-refractivity contribution in [3.8, 4) is 0 Å². The lowest BCUT2D eigenvalue weighted by atomic mass is 10.0. The Kier molecular flexibility index (Phi) is 11.2. The zero-order chi connectivity index (χ0) is 35.1. The second kappa shape index (κ2) is 15.5. The van der Waals surface area contributed by atoms with Crippen LogP contribution in [-0.2, 0) is 33.5 Å². The van der Waals surface area contributed by atoms with E-state index >= 15 is 0 Å². The van der Waals surface area contributed by atoms with Crippen LogP contribution in [0.4, 0.5) is 5.13 Å². The van der Waals surface area contributed by atoms with Crippen LogP contribution in [0.25, 0.3) is 0 Å². The average Bonchev–Trinajstić information content (AvgIpc) is 3.52. The lowest BCUT2D eigenvalue weighted by Crippen LogP contribution is -2.71. The molecule has 1 aromatic heterocycles. The van der Waals surface area contributed by atoms with E-state index in [1.807, 2.05) is 60.7 Å². The van der Waals surface area contributed by atoms with E-state index in [9.17, 15) is 19.2 Å². The highest BCUT2D eigenvalue weighted by Crippen LogP contribution is 2.42. The highest BCUT2D eigenvalue weighted by molar-refractivity contribution is 8.00. The summed E-state index contributed by atoms with van der Waals surface area (Å²) in [6, 6.07) is 17.7. The van der Waals surface area contributed by atoms with E-state index in [1.54, 1.807) is 26.2 Å². The summed E-state index contributed by atoms with van der Waals surface area (Å²) in [4.78, 5) is 63.9. The molecule has 2 amide bonds. The van der Waals surface area contributed by atoms with Gasteiger partial charge in [-0.05, 0) is 43.9 Å². The van der Waals surface area contributed by atoms with Gasteiger partial charge in [0, 0.05) is 17.6 Å². The summed E-state index contributed by atoms with van der Waals surface area (Å²) in [5.74, 6) is -1.91. The Labute approximate surface area is 292 Å². The number of oxime groups is 1. The molecule has 2 aliphatic rings. The number of carbonyl (C=O) groups is 4. The SMILES string of the molecule is C=CC1=C(C(=O)OC(c2ccccc2)c2ccccc2)N2C(=O)C(NC(=O)/C(=N/OCCCC(=O)OC(C)(C)C)c3csc(N)n3)C2SC1. The monoisotopic (exact) mass is 703 g/mol. The minimum Gasteiger partial charge on any atom is -0.460 e. The highest BCUT2D eigenvalue weighted by atomic mass is 32.2. The molecule has 0 radical (unpaired) electrons. The summed E-state index contributed by atoms with van der Waals surface area (Å²) in [6.45, 7) is 9.22. The molecule has 1 saturated heterocycles. The van der Waals surface area contributed by atoms with Crippen molar-refractivity contribution in [3.05, 3.63) is 107 Å². The van der Waals surface area contributed by atoms with Gasteiger partial charge in [-0.3, -0.25) is 19.3 Å². The summed E-state index contributed by atoms with van der Waals surface area (Å²) < 4.78 is 11.4. The Hall–Kier alpha value is -4.95. The number of hydrogen-bond donors (Lipinski definition) is 2. The van der Waals surface area contributed by atoms with Crippen LogP contribution in [-0.4, -0.2) is 68.7 Å². The first-order valence-corrected chi connectivity index (χ1v) is 17.4. The lowest BCUT2D eigenvalue weighted by molar-refractivity contribution is -0.155. The third kappa shape index (κ3) is 8.56. The van der Waals surface area contributed by atoms with Gasteiger partial charge in [0.1, 0.15) is 35.0 Å². The van der Waals surface area contributed by atoms with Crippen LogP contribution in [0.3, 0.4) is 0 Å². The van der Waals surface area contributed by atoms with Crippen LogP contribution in [0.15, 0.2) is 95.1 Å². The van der Waals surface area contributed by atoms with Crippen molar-refractivity contribution in [2.24, 2.45) is 5.16 Å². The number of esters is 2. The zero-order valence-corrected chi connectivity index (χ0v) is 28.9. The van der Waals surface area contributed by atoms with Gasteiger partial charge in [-0.15, -0.1) is 23.1 Å². The third-order valence-corrected chi connectivity index (χ3v) is 9.30. The van der Waals surface area contributed by atoms with Crippen LogP contribution < -0.4 is 11.1 Å². The molecular formula is C35H37N5O7S2. The topological polar surface area (TPSA) is 163 Å². The Balaban J connectivity index is 1.29. The fourth-order valence-corrected chi connectivity index (χ4v) is 7.02. The summed E-state index contributed by atoms with van der Waals surface area (Å²) in [6.07, 6.45) is 1.22. The molecule has 0 aliphatic carbocycles. The van der Waals surface area contributed by atoms with Crippen molar-refractivity contribution in [1.29, 1.82) is 0 Å². The van der Waals surface area contributed by atoms with Crippen molar-refractivity contribution in [3.63, 3.8) is 0 Å². The number of β-lactam (4-membered cyclic amide) rings is 1. The molecule has 3 heterocycles. The molecule has 14 heteroatoms. The Morgan fingerprint density at radius 3 is 2.35 bits per heavy atom. The first kappa shape index (κ1) is 35.4. The number of fused-ring (bicyclic) bond motifs is 1. The van der Waals surface area contributed by atoms with Gasteiger partial charge < -0.3 is 25.4 Å². The van der Waals surface area contributed by atoms with E-state index in [-0.39, 0.29) is 41.2 Å². The van der Waals surface area contributed by atoms with E-state index in [0.29, 0.717) is 17.7 Å². The Bertz CT molecular complexity index is 1730. The second-order valence-electron chi connectivity index (χ2n) is 12.1. The first-order chi connectivity index (χ1) is 23.5. The first-order valence-electron chi connectivity index (χ1n) is 15.5. The average molecular weight is 704 g/mol. The number of nitrogen functional groups attached to an aromatic ring is 1. The number of thioether (sulfide) groups is 1. The maximum Gasteiger partial charge on any atom is 0.356 e. The molecule has 49 heavy (non-hydrogen) atoms. The molecule has 2 aromatic carbocycles. The maximum absolute atomic E-state index is 13.9. The number of benzene rings is 2. The summed E-state index contributed by atoms with van der Waals surface area (Å²) >= 11 is 2.49. The van der Waals surface area contributed by atoms with E-state index in [1.165, 1.54) is 22.7 Å². The van der Waals surface area contributed by atoms with Gasteiger partial charge >= 0.3 is 11.9 Å². The second-order valence-corrected chi connectivity index (χ2v) is 14.1. The molecule has 3 aromatic rings. The third-order valence-electron chi connectivity index (χ3n) is 7.33. The number of ether oxygens (including phenoxy) is 2. The molecule has 1 fully saturated rings. The largest absolute Gasteiger partial charge is 0.460 e. The number of amides is 2. The number of nitrogens with two attached hydrogens (primary N) is 1. The van der Waals surface area contributed by atoms with E-state index < -0.39 is 40.9 Å². The van der Waals surface area contributed by atoms with Crippen molar-refractivity contribution >= 4 is 57.7 Å². The van der Waals surface area contributed by atoms with Crippen molar-refractivity contribution in [1.82, 2.24) is 15.2 Å². The number of nitrogens with one attached hydrogen (secondary N) is 1. The molecule has 0 spiro atoms. The van der Waals surface area contributed by atoms with Crippen LogP contribution in [0.2, 0.25) is 0 Å². The number of carbonyl (C=O) groups excluding carboxylic acids is 4. The van der Waals surface area contributed by atoms with Crippen molar-refractivity contribution in [2.75, 3.05) is 18.1 Å². The van der Waals surface area contributed by atoms with E-state index in [0.717, 1.165) is 22.5 Å². The minimum atomic E-state index is -0.973. The van der Waals surface area contributed by atoms with Crippen molar-refractivity contribution in [2.45, 2.75) is 56.7 Å². The van der Waals surface area contributed by atoms with Gasteiger partial charge in [-0.25, -0.2) is 9.78 Å². The summed E-state index contributed by atoms with van der Waals surface area (Å²) in [5.41, 5.74) is 7.35. The zero-order valence-electron chi connectivity index (χ0n) is 27.3. The van der Waals surface area contributed by atoms with Crippen molar-refractivity contribution < 1.29 is 33.5 Å². The number of aromatic nitrogens is 1. The number of hydrogen-bond acceptors (Lipinski definition) is 12.